The van der Waals surface area contributed by atoms with Gasteiger partial charge in [-0.05, 0) is 44.4 Å². The third kappa shape index (κ3) is 4.12. The summed E-state index contributed by atoms with van der Waals surface area (Å²) in [5.41, 5.74) is 8.45. The molecule has 118 valence electrons. The molecule has 0 radical (unpaired) electrons. The van der Waals surface area contributed by atoms with Crippen LogP contribution in [0.5, 0.6) is 0 Å². The lowest BCUT2D eigenvalue weighted by molar-refractivity contribution is 0.192. The maximum atomic E-state index is 6.40. The van der Waals surface area contributed by atoms with Crippen LogP contribution in [0.4, 0.5) is 5.69 Å². The van der Waals surface area contributed by atoms with Crippen molar-refractivity contribution in [1.29, 1.82) is 0 Å². The average Bonchev–Trinajstić information content (AvgIpc) is 2.48. The summed E-state index contributed by atoms with van der Waals surface area (Å²) in [6.07, 6.45) is 2.05. The fourth-order valence-corrected chi connectivity index (χ4v) is 3.28. The van der Waals surface area contributed by atoms with Crippen LogP contribution in [0.3, 0.4) is 0 Å². The summed E-state index contributed by atoms with van der Waals surface area (Å²) < 4.78 is 0. The van der Waals surface area contributed by atoms with E-state index in [0.29, 0.717) is 6.04 Å². The highest BCUT2D eigenvalue weighted by Gasteiger charge is 2.22. The molecule has 2 unspecified atom stereocenters. The Kier molecular flexibility index (Phi) is 5.91. The van der Waals surface area contributed by atoms with Crippen molar-refractivity contribution in [3.8, 4) is 0 Å². The number of anilines is 1. The number of benzene rings is 1. The van der Waals surface area contributed by atoms with E-state index in [2.05, 4.69) is 29.7 Å². The fraction of sp³-hybridized carbons (Fsp3) is 0.647. The highest BCUT2D eigenvalue weighted by molar-refractivity contribution is 6.31. The molecule has 2 atom stereocenters. The Balaban J connectivity index is 2.11. The van der Waals surface area contributed by atoms with Crippen LogP contribution in [0.1, 0.15) is 32.8 Å². The van der Waals surface area contributed by atoms with Gasteiger partial charge < -0.3 is 10.6 Å². The van der Waals surface area contributed by atoms with Crippen LogP contribution >= 0.6 is 11.6 Å². The summed E-state index contributed by atoms with van der Waals surface area (Å²) in [5.74, 6) is 0. The van der Waals surface area contributed by atoms with Crippen molar-refractivity contribution in [3.63, 3.8) is 0 Å². The average molecular weight is 310 g/mol. The summed E-state index contributed by atoms with van der Waals surface area (Å²) in [4.78, 5) is 5.04. The van der Waals surface area contributed by atoms with E-state index in [4.69, 9.17) is 17.3 Å². The van der Waals surface area contributed by atoms with Crippen LogP contribution in [0.25, 0.3) is 0 Å². The summed E-state index contributed by atoms with van der Waals surface area (Å²) >= 11 is 6.40. The molecule has 2 rings (SSSR count). The van der Waals surface area contributed by atoms with Gasteiger partial charge in [0.1, 0.15) is 0 Å². The third-order valence-corrected chi connectivity index (χ3v) is 4.84. The van der Waals surface area contributed by atoms with Crippen LogP contribution in [0, 0.1) is 0 Å². The van der Waals surface area contributed by atoms with Crippen molar-refractivity contribution in [3.05, 3.63) is 28.8 Å². The van der Waals surface area contributed by atoms with E-state index in [9.17, 15) is 0 Å². The van der Waals surface area contributed by atoms with Gasteiger partial charge in [-0.2, -0.15) is 0 Å². The molecular formula is C17H28ClN3. The van der Waals surface area contributed by atoms with Crippen molar-refractivity contribution in [2.45, 2.75) is 45.7 Å². The highest BCUT2D eigenvalue weighted by atomic mass is 35.5. The van der Waals surface area contributed by atoms with Crippen molar-refractivity contribution in [2.75, 3.05) is 31.1 Å². The zero-order valence-electron chi connectivity index (χ0n) is 13.5. The summed E-state index contributed by atoms with van der Waals surface area (Å²) in [6, 6.07) is 7.00. The first-order valence-corrected chi connectivity index (χ1v) is 8.42. The predicted octanol–water partition coefficient (Wildman–Crippen LogP) is 3.15. The molecule has 1 aromatic rings. The second kappa shape index (κ2) is 7.48. The van der Waals surface area contributed by atoms with Crippen molar-refractivity contribution in [1.82, 2.24) is 4.90 Å². The first kappa shape index (κ1) is 16.6. The zero-order valence-corrected chi connectivity index (χ0v) is 14.2. The quantitative estimate of drug-likeness (QED) is 0.907. The van der Waals surface area contributed by atoms with Gasteiger partial charge in [0.2, 0.25) is 0 Å². The Morgan fingerprint density at radius 3 is 2.43 bits per heavy atom. The van der Waals surface area contributed by atoms with E-state index < -0.39 is 0 Å². The van der Waals surface area contributed by atoms with E-state index in [1.807, 2.05) is 19.1 Å². The number of hydrogen-bond donors (Lipinski definition) is 1. The van der Waals surface area contributed by atoms with Crippen LogP contribution in [0.2, 0.25) is 5.02 Å². The molecule has 1 heterocycles. The molecule has 0 bridgehead atoms. The normalized spacial score (nSPS) is 19.6. The number of rotatable bonds is 5. The number of nitrogens with zero attached hydrogens (tertiary/aromatic N) is 2. The first-order chi connectivity index (χ1) is 10.0. The van der Waals surface area contributed by atoms with Gasteiger partial charge in [0.05, 0.1) is 0 Å². The van der Waals surface area contributed by atoms with E-state index in [0.717, 1.165) is 37.6 Å². The smallest absolute Gasteiger partial charge is 0.0459 e. The van der Waals surface area contributed by atoms with Gasteiger partial charge in [0.15, 0.2) is 0 Å². The summed E-state index contributed by atoms with van der Waals surface area (Å²) in [5, 5.41) is 0.842. The Hall–Kier alpha value is -0.770. The SMILES string of the molecule is CCC(C)N1CCN(c2cccc(Cl)c2CC(C)N)CC1. The summed E-state index contributed by atoms with van der Waals surface area (Å²) in [7, 11) is 0. The molecular weight excluding hydrogens is 282 g/mol. The maximum absolute atomic E-state index is 6.40. The third-order valence-electron chi connectivity index (χ3n) is 4.49. The van der Waals surface area contributed by atoms with Gasteiger partial charge in [-0.3, -0.25) is 4.90 Å². The lowest BCUT2D eigenvalue weighted by atomic mass is 10.0. The minimum absolute atomic E-state index is 0.130. The molecule has 1 aliphatic heterocycles. The molecule has 4 heteroatoms. The summed E-state index contributed by atoms with van der Waals surface area (Å²) in [6.45, 7) is 11.0. The van der Waals surface area contributed by atoms with Gasteiger partial charge >= 0.3 is 0 Å². The van der Waals surface area contributed by atoms with Gasteiger partial charge in [-0.25, -0.2) is 0 Å². The lowest BCUT2D eigenvalue weighted by Crippen LogP contribution is -2.49. The maximum Gasteiger partial charge on any atom is 0.0459 e. The number of nitrogens with two attached hydrogens (primary N) is 1. The Morgan fingerprint density at radius 1 is 1.19 bits per heavy atom. The molecule has 1 saturated heterocycles. The van der Waals surface area contributed by atoms with Gasteiger partial charge in [0.25, 0.3) is 0 Å². The van der Waals surface area contributed by atoms with Crippen LogP contribution in [-0.4, -0.2) is 43.2 Å². The van der Waals surface area contributed by atoms with Gasteiger partial charge in [-0.15, -0.1) is 0 Å². The van der Waals surface area contributed by atoms with E-state index in [-0.39, 0.29) is 6.04 Å². The molecule has 0 aromatic heterocycles. The Bertz CT molecular complexity index is 453. The number of halogens is 1. The minimum atomic E-state index is 0.130. The second-order valence-electron chi connectivity index (χ2n) is 6.20. The predicted molar refractivity (Wildman–Crippen MR) is 92.3 cm³/mol. The molecule has 1 aromatic carbocycles. The highest BCUT2D eigenvalue weighted by Crippen LogP contribution is 2.29. The number of hydrogen-bond acceptors (Lipinski definition) is 3. The lowest BCUT2D eigenvalue weighted by Gasteiger charge is -2.39. The van der Waals surface area contributed by atoms with E-state index in [1.165, 1.54) is 17.7 Å². The standard InChI is InChI=1S/C17H28ClN3/c1-4-14(3)20-8-10-21(11-9-20)17-7-5-6-16(18)15(17)12-13(2)19/h5-7,13-14H,4,8-12,19H2,1-3H3. The molecule has 3 nitrogen and oxygen atoms in total. The number of piperazine rings is 1. The molecule has 21 heavy (non-hydrogen) atoms. The topological polar surface area (TPSA) is 32.5 Å². The fourth-order valence-electron chi connectivity index (χ4n) is 3.03. The van der Waals surface area contributed by atoms with E-state index >= 15 is 0 Å². The van der Waals surface area contributed by atoms with Crippen LogP contribution in [-0.2, 0) is 6.42 Å². The first-order valence-electron chi connectivity index (χ1n) is 8.04. The molecule has 0 amide bonds. The van der Waals surface area contributed by atoms with Gasteiger partial charge in [0, 0.05) is 49.0 Å². The van der Waals surface area contributed by atoms with Crippen molar-refractivity contribution >= 4 is 17.3 Å². The molecule has 2 N–H and O–H groups in total. The van der Waals surface area contributed by atoms with Crippen molar-refractivity contribution in [2.24, 2.45) is 5.73 Å². The minimum Gasteiger partial charge on any atom is -0.369 e. The monoisotopic (exact) mass is 309 g/mol. The van der Waals surface area contributed by atoms with Crippen LogP contribution < -0.4 is 10.6 Å². The van der Waals surface area contributed by atoms with Gasteiger partial charge in [-0.1, -0.05) is 24.6 Å². The Labute approximate surface area is 134 Å². The largest absolute Gasteiger partial charge is 0.369 e. The molecule has 0 aliphatic carbocycles. The zero-order chi connectivity index (χ0) is 15.4. The second-order valence-corrected chi connectivity index (χ2v) is 6.61. The molecule has 0 spiro atoms. The van der Waals surface area contributed by atoms with Crippen molar-refractivity contribution < 1.29 is 0 Å². The van der Waals surface area contributed by atoms with E-state index in [1.54, 1.807) is 0 Å². The van der Waals surface area contributed by atoms with Crippen LogP contribution in [0.15, 0.2) is 18.2 Å². The Morgan fingerprint density at radius 2 is 1.86 bits per heavy atom. The molecule has 0 saturated carbocycles. The molecule has 1 fully saturated rings. The molecule has 1 aliphatic rings.